The summed E-state index contributed by atoms with van der Waals surface area (Å²) in [5.41, 5.74) is 1.18. The molecule has 2 N–H and O–H groups in total. The third-order valence-electron chi connectivity index (χ3n) is 3.27. The number of ether oxygens (including phenoxy) is 1. The number of carbonyl (C=O) groups is 2. The minimum Gasteiger partial charge on any atom is -0.444 e. The number of fused-ring (bicyclic) bond motifs is 1. The number of nitrogens with zero attached hydrogens (tertiary/aromatic N) is 1. The molecule has 1 heterocycles. The van der Waals surface area contributed by atoms with E-state index in [-0.39, 0.29) is 19.1 Å². The summed E-state index contributed by atoms with van der Waals surface area (Å²) in [5, 5.41) is 12.1. The lowest BCUT2D eigenvalue weighted by Crippen LogP contribution is -2.48. The summed E-state index contributed by atoms with van der Waals surface area (Å²) in [6, 6.07) is 6.94. The fraction of sp³-hybridized carbons (Fsp3) is 0.500. The molecule has 2 rings (SSSR count). The molecule has 0 unspecified atom stereocenters. The van der Waals surface area contributed by atoms with Gasteiger partial charge in [0.1, 0.15) is 5.60 Å². The Morgan fingerprint density at radius 1 is 1.41 bits per heavy atom. The third-order valence-corrected chi connectivity index (χ3v) is 3.27. The van der Waals surface area contributed by atoms with Gasteiger partial charge >= 0.3 is 6.09 Å². The van der Waals surface area contributed by atoms with E-state index in [1.165, 1.54) is 0 Å². The molecule has 6 heteroatoms. The van der Waals surface area contributed by atoms with Crippen LogP contribution >= 0.6 is 0 Å². The molecule has 0 fully saturated rings. The minimum atomic E-state index is -0.611. The number of aliphatic hydroxyl groups excluding tert-OH is 1. The van der Waals surface area contributed by atoms with Gasteiger partial charge in [0.05, 0.1) is 19.1 Å². The third kappa shape index (κ3) is 3.98. The molecular weight excluding hydrogens is 284 g/mol. The average Bonchev–Trinajstić information content (AvgIpc) is 2.72. The second-order valence-corrected chi connectivity index (χ2v) is 6.34. The second kappa shape index (κ2) is 6.36. The number of hydrogen-bond donors (Lipinski definition) is 2. The number of benzene rings is 1. The Morgan fingerprint density at radius 3 is 2.73 bits per heavy atom. The molecule has 22 heavy (non-hydrogen) atoms. The molecule has 1 aromatic carbocycles. The summed E-state index contributed by atoms with van der Waals surface area (Å²) in [6.45, 7) is 5.24. The van der Waals surface area contributed by atoms with Gasteiger partial charge in [0, 0.05) is 12.2 Å². The summed E-state index contributed by atoms with van der Waals surface area (Å²) in [5.74, 6) is -0.0364. The lowest BCUT2D eigenvalue weighted by molar-refractivity contribution is -0.117. The molecule has 1 aliphatic rings. The number of hydrogen-bond acceptors (Lipinski definition) is 4. The predicted molar refractivity (Wildman–Crippen MR) is 82.7 cm³/mol. The van der Waals surface area contributed by atoms with Crippen LogP contribution in [-0.4, -0.2) is 41.9 Å². The maximum Gasteiger partial charge on any atom is 0.408 e. The summed E-state index contributed by atoms with van der Waals surface area (Å²) in [4.78, 5) is 25.5. The van der Waals surface area contributed by atoms with Gasteiger partial charge in [-0.3, -0.25) is 4.79 Å². The number of amides is 2. The zero-order valence-electron chi connectivity index (χ0n) is 13.1. The van der Waals surface area contributed by atoms with Crippen molar-refractivity contribution < 1.29 is 19.4 Å². The first-order chi connectivity index (χ1) is 10.3. The van der Waals surface area contributed by atoms with Crippen molar-refractivity contribution in [3.63, 3.8) is 0 Å². The van der Waals surface area contributed by atoms with Gasteiger partial charge in [0.2, 0.25) is 5.91 Å². The van der Waals surface area contributed by atoms with Gasteiger partial charge in [-0.25, -0.2) is 4.79 Å². The summed E-state index contributed by atoms with van der Waals surface area (Å²) >= 11 is 0. The number of para-hydroxylation sites is 1. The Balaban J connectivity index is 2.02. The highest BCUT2D eigenvalue weighted by Gasteiger charge is 2.29. The Morgan fingerprint density at radius 2 is 2.09 bits per heavy atom. The molecule has 120 valence electrons. The van der Waals surface area contributed by atoms with E-state index in [1.807, 2.05) is 24.3 Å². The summed E-state index contributed by atoms with van der Waals surface area (Å²) in [6.07, 6.45) is -0.257. The van der Waals surface area contributed by atoms with Crippen LogP contribution in [-0.2, 0) is 16.0 Å². The van der Waals surface area contributed by atoms with Crippen molar-refractivity contribution in [3.8, 4) is 0 Å². The van der Waals surface area contributed by atoms with Crippen molar-refractivity contribution in [1.82, 2.24) is 5.32 Å². The highest BCUT2D eigenvalue weighted by Crippen LogP contribution is 2.28. The summed E-state index contributed by atoms with van der Waals surface area (Å²) in [7, 11) is 0. The molecule has 2 amide bonds. The van der Waals surface area contributed by atoms with E-state index in [1.54, 1.807) is 25.7 Å². The van der Waals surface area contributed by atoms with Crippen molar-refractivity contribution in [1.29, 1.82) is 0 Å². The van der Waals surface area contributed by atoms with Crippen molar-refractivity contribution >= 4 is 17.7 Å². The van der Waals surface area contributed by atoms with Gasteiger partial charge in [-0.05, 0) is 32.4 Å². The van der Waals surface area contributed by atoms with Crippen LogP contribution in [0.1, 0.15) is 26.3 Å². The standard InChI is InChI=1S/C16H22N2O4/c1-16(2,3)22-15(21)17-12(10-19)9-18-13-7-5-4-6-11(13)8-14(18)20/h4-7,12,19H,8-10H2,1-3H3,(H,17,21)/t12-/m0/s1. The van der Waals surface area contributed by atoms with Crippen molar-refractivity contribution in [2.75, 3.05) is 18.1 Å². The van der Waals surface area contributed by atoms with E-state index in [0.717, 1.165) is 11.3 Å². The smallest absolute Gasteiger partial charge is 0.408 e. The molecule has 1 aliphatic heterocycles. The number of nitrogens with one attached hydrogen (secondary N) is 1. The number of aliphatic hydroxyl groups is 1. The molecule has 6 nitrogen and oxygen atoms in total. The Bertz CT molecular complexity index is 566. The molecule has 1 aromatic rings. The molecule has 0 aliphatic carbocycles. The van der Waals surface area contributed by atoms with E-state index >= 15 is 0 Å². The molecule has 0 spiro atoms. The van der Waals surface area contributed by atoms with Crippen LogP contribution in [0.3, 0.4) is 0 Å². The number of anilines is 1. The number of carbonyl (C=O) groups excluding carboxylic acids is 2. The molecular formula is C16H22N2O4. The molecule has 0 radical (unpaired) electrons. The van der Waals surface area contributed by atoms with Crippen LogP contribution in [0.15, 0.2) is 24.3 Å². The first kappa shape index (κ1) is 16.3. The Labute approximate surface area is 130 Å². The van der Waals surface area contributed by atoms with Gasteiger partial charge in [-0.2, -0.15) is 0 Å². The predicted octanol–water partition coefficient (Wildman–Crippen LogP) is 1.46. The van der Waals surface area contributed by atoms with Crippen molar-refractivity contribution in [2.24, 2.45) is 0 Å². The van der Waals surface area contributed by atoms with Crippen molar-refractivity contribution in [3.05, 3.63) is 29.8 Å². The van der Waals surface area contributed by atoms with Crippen LogP contribution in [0.4, 0.5) is 10.5 Å². The van der Waals surface area contributed by atoms with Crippen LogP contribution < -0.4 is 10.2 Å². The fourth-order valence-electron chi connectivity index (χ4n) is 2.36. The molecule has 1 atom stereocenters. The van der Waals surface area contributed by atoms with E-state index < -0.39 is 17.7 Å². The topological polar surface area (TPSA) is 78.9 Å². The Kier molecular flexibility index (Phi) is 4.71. The van der Waals surface area contributed by atoms with Gasteiger partial charge in [-0.1, -0.05) is 18.2 Å². The van der Waals surface area contributed by atoms with Crippen LogP contribution in [0.2, 0.25) is 0 Å². The van der Waals surface area contributed by atoms with Gasteiger partial charge in [0.25, 0.3) is 0 Å². The van der Waals surface area contributed by atoms with Crippen molar-refractivity contribution in [2.45, 2.75) is 38.8 Å². The maximum absolute atomic E-state index is 12.1. The van der Waals surface area contributed by atoms with E-state index in [2.05, 4.69) is 5.32 Å². The minimum absolute atomic E-state index is 0.0364. The van der Waals surface area contributed by atoms with Gasteiger partial charge < -0.3 is 20.1 Å². The van der Waals surface area contributed by atoms with E-state index in [0.29, 0.717) is 6.42 Å². The zero-order chi connectivity index (χ0) is 16.3. The zero-order valence-corrected chi connectivity index (χ0v) is 13.1. The van der Waals surface area contributed by atoms with E-state index in [9.17, 15) is 14.7 Å². The average molecular weight is 306 g/mol. The molecule has 0 saturated heterocycles. The fourth-order valence-corrected chi connectivity index (χ4v) is 2.36. The highest BCUT2D eigenvalue weighted by atomic mass is 16.6. The second-order valence-electron chi connectivity index (χ2n) is 6.34. The van der Waals surface area contributed by atoms with Crippen LogP contribution in [0.5, 0.6) is 0 Å². The van der Waals surface area contributed by atoms with Gasteiger partial charge in [0.15, 0.2) is 0 Å². The number of alkyl carbamates (subject to hydrolysis) is 1. The quantitative estimate of drug-likeness (QED) is 0.883. The molecule has 0 bridgehead atoms. The molecule has 0 aromatic heterocycles. The number of rotatable bonds is 4. The first-order valence-corrected chi connectivity index (χ1v) is 7.29. The lowest BCUT2D eigenvalue weighted by Gasteiger charge is -2.26. The highest BCUT2D eigenvalue weighted by molar-refractivity contribution is 6.01. The molecule has 0 saturated carbocycles. The normalized spacial score (nSPS) is 15.5. The van der Waals surface area contributed by atoms with Gasteiger partial charge in [-0.15, -0.1) is 0 Å². The maximum atomic E-state index is 12.1. The van der Waals surface area contributed by atoms with Crippen LogP contribution in [0, 0.1) is 0 Å². The largest absolute Gasteiger partial charge is 0.444 e. The lowest BCUT2D eigenvalue weighted by atomic mass is 10.2. The summed E-state index contributed by atoms with van der Waals surface area (Å²) < 4.78 is 5.17. The Hall–Kier alpha value is -2.08. The van der Waals surface area contributed by atoms with E-state index in [4.69, 9.17) is 4.74 Å². The SMILES string of the molecule is CC(C)(C)OC(=O)N[C@H](CO)CN1C(=O)Cc2ccccc21. The monoisotopic (exact) mass is 306 g/mol. The van der Waals surface area contributed by atoms with Crippen LogP contribution in [0.25, 0.3) is 0 Å². The first-order valence-electron chi connectivity index (χ1n) is 7.29.